The molecule has 1 spiro atoms. The Morgan fingerprint density at radius 2 is 1.89 bits per heavy atom. The Morgan fingerprint density at radius 3 is 2.47 bits per heavy atom. The molecule has 0 N–H and O–H groups in total. The third-order valence-corrected chi connectivity index (χ3v) is 5.02. The molecule has 1 aromatic carbocycles. The van der Waals surface area contributed by atoms with E-state index in [1.54, 1.807) is 11.8 Å². The van der Waals surface area contributed by atoms with Crippen LogP contribution in [0.4, 0.5) is 0 Å². The standard InChI is InChI=1S/C14H17NO2S.ClH/c16-13-11-18-14(17-13)6-8-15(9-7-14)10-12-4-2-1-3-5-12;/h1-5H,6-11H2;1H. The van der Waals surface area contributed by atoms with Gasteiger partial charge in [0.05, 0.1) is 5.75 Å². The fourth-order valence-electron chi connectivity index (χ4n) is 2.60. The number of benzene rings is 1. The van der Waals surface area contributed by atoms with Crippen molar-refractivity contribution in [2.75, 3.05) is 18.8 Å². The average molecular weight is 300 g/mol. The molecule has 3 rings (SSSR count). The van der Waals surface area contributed by atoms with E-state index in [0.717, 1.165) is 32.5 Å². The fraction of sp³-hybridized carbons (Fsp3) is 0.500. The zero-order chi connectivity index (χ0) is 12.4. The van der Waals surface area contributed by atoms with Gasteiger partial charge in [-0.25, -0.2) is 0 Å². The molecule has 0 bridgehead atoms. The van der Waals surface area contributed by atoms with Gasteiger partial charge in [0, 0.05) is 32.5 Å². The van der Waals surface area contributed by atoms with Crippen molar-refractivity contribution in [3.8, 4) is 0 Å². The van der Waals surface area contributed by atoms with Gasteiger partial charge in [-0.05, 0) is 5.56 Å². The lowest BCUT2D eigenvalue weighted by atomic mass is 10.1. The summed E-state index contributed by atoms with van der Waals surface area (Å²) in [6.45, 7) is 3.01. The Balaban J connectivity index is 0.00000133. The van der Waals surface area contributed by atoms with E-state index >= 15 is 0 Å². The Kier molecular flexibility index (Phi) is 4.76. The van der Waals surface area contributed by atoms with Crippen LogP contribution >= 0.6 is 24.2 Å². The maximum atomic E-state index is 11.2. The van der Waals surface area contributed by atoms with Crippen LogP contribution in [0.25, 0.3) is 0 Å². The monoisotopic (exact) mass is 299 g/mol. The van der Waals surface area contributed by atoms with Gasteiger partial charge in [0.15, 0.2) is 4.93 Å². The summed E-state index contributed by atoms with van der Waals surface area (Å²) >= 11 is 1.68. The van der Waals surface area contributed by atoms with E-state index < -0.39 is 0 Å². The SMILES string of the molecule is Cl.O=C1CSC2(CCN(Cc3ccccc3)CC2)O1. The third-order valence-electron chi connectivity index (χ3n) is 3.62. The first-order chi connectivity index (χ1) is 8.76. The highest BCUT2D eigenvalue weighted by atomic mass is 35.5. The zero-order valence-electron chi connectivity index (χ0n) is 10.7. The summed E-state index contributed by atoms with van der Waals surface area (Å²) < 4.78 is 5.49. The molecule has 0 radical (unpaired) electrons. The molecular weight excluding hydrogens is 282 g/mol. The minimum Gasteiger partial charge on any atom is -0.447 e. The molecule has 5 heteroatoms. The van der Waals surface area contributed by atoms with Crippen molar-refractivity contribution in [2.45, 2.75) is 24.3 Å². The van der Waals surface area contributed by atoms with Crippen LogP contribution in [0.3, 0.4) is 0 Å². The van der Waals surface area contributed by atoms with Crippen molar-refractivity contribution < 1.29 is 9.53 Å². The molecule has 0 aliphatic carbocycles. The van der Waals surface area contributed by atoms with E-state index in [2.05, 4.69) is 29.2 Å². The normalized spacial score (nSPS) is 22.0. The molecule has 3 nitrogen and oxygen atoms in total. The van der Waals surface area contributed by atoms with Crippen LogP contribution in [-0.2, 0) is 16.1 Å². The lowest BCUT2D eigenvalue weighted by Gasteiger charge is -2.37. The second kappa shape index (κ2) is 6.16. The number of hydrogen-bond acceptors (Lipinski definition) is 4. The number of hydrogen-bond donors (Lipinski definition) is 0. The lowest BCUT2D eigenvalue weighted by molar-refractivity contribution is -0.148. The van der Waals surface area contributed by atoms with Crippen LogP contribution in [0.1, 0.15) is 18.4 Å². The third kappa shape index (κ3) is 3.44. The molecule has 2 fully saturated rings. The van der Waals surface area contributed by atoms with Gasteiger partial charge in [-0.15, -0.1) is 24.2 Å². The molecule has 1 aromatic rings. The van der Waals surface area contributed by atoms with E-state index in [-0.39, 0.29) is 23.3 Å². The molecule has 2 aliphatic rings. The van der Waals surface area contributed by atoms with Crippen LogP contribution in [0, 0.1) is 0 Å². The summed E-state index contributed by atoms with van der Waals surface area (Å²) in [6, 6.07) is 10.5. The van der Waals surface area contributed by atoms with E-state index in [9.17, 15) is 4.79 Å². The van der Waals surface area contributed by atoms with E-state index in [0.29, 0.717) is 5.75 Å². The number of nitrogens with zero attached hydrogens (tertiary/aromatic N) is 1. The first-order valence-corrected chi connectivity index (χ1v) is 7.36. The zero-order valence-corrected chi connectivity index (χ0v) is 12.3. The van der Waals surface area contributed by atoms with Gasteiger partial charge in [0.25, 0.3) is 0 Å². The Bertz CT molecular complexity index is 432. The van der Waals surface area contributed by atoms with Gasteiger partial charge in [-0.2, -0.15) is 0 Å². The summed E-state index contributed by atoms with van der Waals surface area (Å²) in [5.41, 5.74) is 1.35. The van der Waals surface area contributed by atoms with Crippen LogP contribution in [-0.4, -0.2) is 34.6 Å². The van der Waals surface area contributed by atoms with E-state index in [1.165, 1.54) is 5.56 Å². The first kappa shape index (κ1) is 14.7. The molecule has 0 aromatic heterocycles. The van der Waals surface area contributed by atoms with Crippen molar-refractivity contribution in [1.82, 2.24) is 4.90 Å². The summed E-state index contributed by atoms with van der Waals surface area (Å²) in [6.07, 6.45) is 1.91. The van der Waals surface area contributed by atoms with Crippen LogP contribution < -0.4 is 0 Å². The Labute approximate surface area is 124 Å². The van der Waals surface area contributed by atoms with Gasteiger partial charge in [-0.3, -0.25) is 9.69 Å². The van der Waals surface area contributed by atoms with Gasteiger partial charge in [-0.1, -0.05) is 30.3 Å². The van der Waals surface area contributed by atoms with Crippen LogP contribution in [0.15, 0.2) is 30.3 Å². The minimum absolute atomic E-state index is 0. The highest BCUT2D eigenvalue weighted by Gasteiger charge is 2.43. The molecule has 0 atom stereocenters. The van der Waals surface area contributed by atoms with Crippen molar-refractivity contribution in [3.05, 3.63) is 35.9 Å². The molecule has 2 saturated heterocycles. The van der Waals surface area contributed by atoms with Crippen LogP contribution in [0.2, 0.25) is 0 Å². The largest absolute Gasteiger partial charge is 0.447 e. The summed E-state index contributed by atoms with van der Waals surface area (Å²) in [7, 11) is 0. The number of halogens is 1. The Morgan fingerprint density at radius 1 is 1.21 bits per heavy atom. The topological polar surface area (TPSA) is 29.5 Å². The van der Waals surface area contributed by atoms with Gasteiger partial charge in [0.2, 0.25) is 0 Å². The van der Waals surface area contributed by atoms with Crippen molar-refractivity contribution >= 4 is 30.1 Å². The van der Waals surface area contributed by atoms with Crippen LogP contribution in [0.5, 0.6) is 0 Å². The number of carbonyl (C=O) groups is 1. The number of likely N-dealkylation sites (tertiary alicyclic amines) is 1. The highest BCUT2D eigenvalue weighted by Crippen LogP contribution is 2.42. The van der Waals surface area contributed by atoms with Crippen molar-refractivity contribution in [2.24, 2.45) is 0 Å². The smallest absolute Gasteiger partial charge is 0.317 e. The number of ether oxygens (including phenoxy) is 1. The van der Waals surface area contributed by atoms with Gasteiger partial charge in [0.1, 0.15) is 0 Å². The van der Waals surface area contributed by atoms with Crippen molar-refractivity contribution in [1.29, 1.82) is 0 Å². The van der Waals surface area contributed by atoms with Gasteiger partial charge < -0.3 is 4.74 Å². The van der Waals surface area contributed by atoms with E-state index in [1.807, 2.05) is 6.07 Å². The summed E-state index contributed by atoms with van der Waals surface area (Å²) in [5, 5.41) is 0. The highest BCUT2D eigenvalue weighted by molar-refractivity contribution is 8.01. The predicted octanol–water partition coefficient (Wildman–Crippen LogP) is 2.69. The predicted molar refractivity (Wildman–Crippen MR) is 79.5 cm³/mol. The molecule has 19 heavy (non-hydrogen) atoms. The number of piperidine rings is 1. The molecule has 2 aliphatic heterocycles. The Hall–Kier alpha value is -0.710. The molecule has 0 unspecified atom stereocenters. The minimum atomic E-state index is -0.204. The van der Waals surface area contributed by atoms with Gasteiger partial charge >= 0.3 is 5.97 Å². The molecule has 104 valence electrons. The molecule has 0 amide bonds. The quantitative estimate of drug-likeness (QED) is 0.785. The van der Waals surface area contributed by atoms with E-state index in [4.69, 9.17) is 4.74 Å². The number of esters is 1. The first-order valence-electron chi connectivity index (χ1n) is 6.38. The second-order valence-electron chi connectivity index (χ2n) is 4.94. The molecule has 2 heterocycles. The maximum Gasteiger partial charge on any atom is 0.317 e. The summed E-state index contributed by atoms with van der Waals surface area (Å²) in [4.78, 5) is 13.5. The maximum absolute atomic E-state index is 11.2. The molecular formula is C14H18ClNO2S. The average Bonchev–Trinajstić information content (AvgIpc) is 2.75. The number of rotatable bonds is 2. The lowest BCUT2D eigenvalue weighted by Crippen LogP contribution is -2.42. The number of thioether (sulfide) groups is 1. The molecule has 0 saturated carbocycles. The second-order valence-corrected chi connectivity index (χ2v) is 6.26. The number of carbonyl (C=O) groups excluding carboxylic acids is 1. The van der Waals surface area contributed by atoms with Crippen molar-refractivity contribution in [3.63, 3.8) is 0 Å². The summed E-state index contributed by atoms with van der Waals surface area (Å²) in [5.74, 6) is 0.482. The fourth-order valence-corrected chi connectivity index (χ4v) is 3.66.